The van der Waals surface area contributed by atoms with Crippen LogP contribution < -0.4 is 16.4 Å². The molecule has 2 amide bonds. The van der Waals surface area contributed by atoms with E-state index >= 15 is 0 Å². The molecular formula is C21H19N3O2. The number of nitrogens with one attached hydrogen (secondary N) is 2. The van der Waals surface area contributed by atoms with Gasteiger partial charge in [0.05, 0.1) is 0 Å². The monoisotopic (exact) mass is 345 g/mol. The molecule has 0 aromatic heterocycles. The van der Waals surface area contributed by atoms with Crippen LogP contribution in [0.3, 0.4) is 0 Å². The van der Waals surface area contributed by atoms with Gasteiger partial charge in [-0.15, -0.1) is 0 Å². The van der Waals surface area contributed by atoms with E-state index in [1.54, 1.807) is 48.5 Å². The second-order valence-electron chi connectivity index (χ2n) is 5.98. The normalized spacial score (nSPS) is 10.2. The van der Waals surface area contributed by atoms with Gasteiger partial charge in [-0.05, 0) is 67.1 Å². The lowest BCUT2D eigenvalue weighted by Gasteiger charge is -2.09. The quantitative estimate of drug-likeness (QED) is 0.623. The molecule has 0 atom stereocenters. The Hall–Kier alpha value is -3.60. The highest BCUT2D eigenvalue weighted by molar-refractivity contribution is 6.07. The molecule has 0 saturated heterocycles. The number of anilines is 3. The molecule has 3 aromatic rings. The molecule has 3 rings (SSSR count). The highest BCUT2D eigenvalue weighted by Gasteiger charge is 2.10. The number of aryl methyl sites for hydroxylation is 1. The maximum Gasteiger partial charge on any atom is 0.255 e. The number of benzene rings is 3. The van der Waals surface area contributed by atoms with Crippen molar-refractivity contribution in [2.45, 2.75) is 6.92 Å². The van der Waals surface area contributed by atoms with Gasteiger partial charge in [0.15, 0.2) is 0 Å². The molecule has 0 aliphatic rings. The smallest absolute Gasteiger partial charge is 0.255 e. The summed E-state index contributed by atoms with van der Waals surface area (Å²) in [4.78, 5) is 24.7. The predicted octanol–water partition coefficient (Wildman–Crippen LogP) is 4.08. The van der Waals surface area contributed by atoms with Crippen LogP contribution in [-0.4, -0.2) is 11.8 Å². The highest BCUT2D eigenvalue weighted by Crippen LogP contribution is 2.16. The maximum atomic E-state index is 12.4. The minimum Gasteiger partial charge on any atom is -0.399 e. The molecule has 3 aromatic carbocycles. The summed E-state index contributed by atoms with van der Waals surface area (Å²) < 4.78 is 0. The molecule has 0 aliphatic heterocycles. The zero-order valence-electron chi connectivity index (χ0n) is 14.3. The van der Waals surface area contributed by atoms with E-state index in [0.29, 0.717) is 22.5 Å². The van der Waals surface area contributed by atoms with E-state index in [4.69, 9.17) is 5.73 Å². The van der Waals surface area contributed by atoms with Gasteiger partial charge in [-0.3, -0.25) is 9.59 Å². The largest absolute Gasteiger partial charge is 0.399 e. The Balaban J connectivity index is 1.72. The van der Waals surface area contributed by atoms with E-state index in [0.717, 1.165) is 11.3 Å². The zero-order valence-corrected chi connectivity index (χ0v) is 14.3. The first-order valence-corrected chi connectivity index (χ1v) is 8.16. The van der Waals surface area contributed by atoms with Gasteiger partial charge in [0.25, 0.3) is 11.8 Å². The van der Waals surface area contributed by atoms with Gasteiger partial charge in [-0.2, -0.15) is 0 Å². The van der Waals surface area contributed by atoms with Crippen molar-refractivity contribution >= 4 is 28.9 Å². The molecule has 130 valence electrons. The zero-order chi connectivity index (χ0) is 18.5. The fourth-order valence-corrected chi connectivity index (χ4v) is 2.50. The first-order chi connectivity index (χ1) is 12.5. The minimum atomic E-state index is -0.263. The first kappa shape index (κ1) is 17.2. The van der Waals surface area contributed by atoms with Crippen LogP contribution in [0.1, 0.15) is 26.3 Å². The number of rotatable bonds is 4. The van der Waals surface area contributed by atoms with Crippen molar-refractivity contribution < 1.29 is 9.59 Å². The summed E-state index contributed by atoms with van der Waals surface area (Å²) in [5.41, 5.74) is 9.51. The Morgan fingerprint density at radius 2 is 1.31 bits per heavy atom. The number of hydrogen-bond donors (Lipinski definition) is 3. The Morgan fingerprint density at radius 3 is 1.96 bits per heavy atom. The summed E-state index contributed by atoms with van der Waals surface area (Å²) in [5.74, 6) is -0.500. The Kier molecular flexibility index (Phi) is 4.99. The van der Waals surface area contributed by atoms with E-state index in [-0.39, 0.29) is 11.8 Å². The number of hydrogen-bond acceptors (Lipinski definition) is 3. The van der Waals surface area contributed by atoms with Crippen LogP contribution in [0.2, 0.25) is 0 Å². The van der Waals surface area contributed by atoms with Gasteiger partial charge in [0.2, 0.25) is 0 Å². The van der Waals surface area contributed by atoms with E-state index in [2.05, 4.69) is 10.6 Å². The molecule has 5 heteroatoms. The molecule has 26 heavy (non-hydrogen) atoms. The Bertz CT molecular complexity index is 949. The molecular weight excluding hydrogens is 326 g/mol. The van der Waals surface area contributed by atoms with Crippen molar-refractivity contribution in [1.82, 2.24) is 0 Å². The van der Waals surface area contributed by atoms with Crippen LogP contribution in [0.5, 0.6) is 0 Å². The molecule has 0 spiro atoms. The summed E-state index contributed by atoms with van der Waals surface area (Å²) in [5, 5.41) is 5.64. The molecule has 0 unspecified atom stereocenters. The van der Waals surface area contributed by atoms with E-state index in [1.165, 1.54) is 0 Å². The minimum absolute atomic E-state index is 0.237. The Morgan fingerprint density at radius 1 is 0.731 bits per heavy atom. The van der Waals surface area contributed by atoms with Gasteiger partial charge >= 0.3 is 0 Å². The van der Waals surface area contributed by atoms with Crippen molar-refractivity contribution in [2.75, 3.05) is 16.4 Å². The van der Waals surface area contributed by atoms with Crippen molar-refractivity contribution in [1.29, 1.82) is 0 Å². The number of amides is 2. The highest BCUT2D eigenvalue weighted by atomic mass is 16.2. The molecule has 0 fully saturated rings. The summed E-state index contributed by atoms with van der Waals surface area (Å²) in [7, 11) is 0. The number of carbonyl (C=O) groups is 2. The molecule has 0 heterocycles. The van der Waals surface area contributed by atoms with Gasteiger partial charge < -0.3 is 16.4 Å². The van der Waals surface area contributed by atoms with Crippen molar-refractivity contribution in [3.8, 4) is 0 Å². The lowest BCUT2D eigenvalue weighted by molar-refractivity contribution is 0.101. The van der Waals surface area contributed by atoms with Crippen molar-refractivity contribution in [3.63, 3.8) is 0 Å². The van der Waals surface area contributed by atoms with E-state index in [9.17, 15) is 9.59 Å². The molecule has 4 N–H and O–H groups in total. The third-order valence-corrected chi connectivity index (χ3v) is 3.83. The summed E-state index contributed by atoms with van der Waals surface area (Å²) in [6, 6.07) is 21.0. The summed E-state index contributed by atoms with van der Waals surface area (Å²) in [6.07, 6.45) is 0. The lowest BCUT2D eigenvalue weighted by atomic mass is 10.1. The van der Waals surface area contributed by atoms with Gasteiger partial charge in [-0.1, -0.05) is 18.2 Å². The third-order valence-electron chi connectivity index (χ3n) is 3.83. The fraction of sp³-hybridized carbons (Fsp3) is 0.0476. The average molecular weight is 345 g/mol. The summed E-state index contributed by atoms with van der Waals surface area (Å²) in [6.45, 7) is 1.96. The van der Waals surface area contributed by atoms with Crippen molar-refractivity contribution in [2.24, 2.45) is 0 Å². The summed E-state index contributed by atoms with van der Waals surface area (Å²) >= 11 is 0. The van der Waals surface area contributed by atoms with Gasteiger partial charge in [0.1, 0.15) is 0 Å². The van der Waals surface area contributed by atoms with Crippen molar-refractivity contribution in [3.05, 3.63) is 89.5 Å². The second kappa shape index (κ2) is 7.53. The fourth-order valence-electron chi connectivity index (χ4n) is 2.50. The van der Waals surface area contributed by atoms with Crippen LogP contribution in [0, 0.1) is 6.92 Å². The van der Waals surface area contributed by atoms with Crippen LogP contribution >= 0.6 is 0 Å². The molecule has 0 saturated carbocycles. The SMILES string of the molecule is Cc1cccc(NC(=O)c2cccc(NC(=O)c3ccc(N)cc3)c2)c1. The third kappa shape index (κ3) is 4.27. The second-order valence-corrected chi connectivity index (χ2v) is 5.98. The molecule has 0 aliphatic carbocycles. The average Bonchev–Trinajstić information content (AvgIpc) is 2.62. The molecule has 0 radical (unpaired) electrons. The molecule has 5 nitrogen and oxygen atoms in total. The first-order valence-electron chi connectivity index (χ1n) is 8.16. The lowest BCUT2D eigenvalue weighted by Crippen LogP contribution is -2.14. The number of nitrogens with two attached hydrogens (primary N) is 1. The van der Waals surface area contributed by atoms with E-state index < -0.39 is 0 Å². The Labute approximate surface area is 151 Å². The van der Waals surface area contributed by atoms with Crippen LogP contribution in [0.15, 0.2) is 72.8 Å². The van der Waals surface area contributed by atoms with E-state index in [1.807, 2.05) is 31.2 Å². The van der Waals surface area contributed by atoms with Crippen LogP contribution in [0.25, 0.3) is 0 Å². The molecule has 0 bridgehead atoms. The number of nitrogen functional groups attached to an aromatic ring is 1. The maximum absolute atomic E-state index is 12.4. The van der Waals surface area contributed by atoms with Gasteiger partial charge in [-0.25, -0.2) is 0 Å². The van der Waals surface area contributed by atoms with Crippen LogP contribution in [0.4, 0.5) is 17.1 Å². The number of carbonyl (C=O) groups excluding carboxylic acids is 2. The topological polar surface area (TPSA) is 84.2 Å². The standard InChI is InChI=1S/C21H19N3O2/c1-14-4-2-6-18(12-14)23-21(26)16-5-3-7-19(13-16)24-20(25)15-8-10-17(22)11-9-15/h2-13H,22H2,1H3,(H,23,26)(H,24,25). The predicted molar refractivity (Wildman–Crippen MR) is 104 cm³/mol. The van der Waals surface area contributed by atoms with Crippen LogP contribution in [-0.2, 0) is 0 Å². The van der Waals surface area contributed by atoms with Gasteiger partial charge in [0, 0.05) is 28.2 Å².